The molecule has 2 heterocycles. The fraction of sp³-hybridized carbons (Fsp3) is 0.0714. The van der Waals surface area contributed by atoms with E-state index in [0.717, 1.165) is 5.56 Å². The van der Waals surface area contributed by atoms with Gasteiger partial charge < -0.3 is 9.63 Å². The highest BCUT2D eigenvalue weighted by atomic mass is 16.5. The molecule has 94 valence electrons. The number of aromatic hydroxyl groups is 1. The average molecular weight is 253 g/mol. The van der Waals surface area contributed by atoms with Crippen molar-refractivity contribution in [3.63, 3.8) is 0 Å². The molecule has 5 heteroatoms. The van der Waals surface area contributed by atoms with Crippen LogP contribution in [0.1, 0.15) is 11.4 Å². The molecule has 5 nitrogen and oxygen atoms in total. The maximum atomic E-state index is 9.67. The molecule has 0 saturated carbocycles. The first-order valence-corrected chi connectivity index (χ1v) is 5.84. The van der Waals surface area contributed by atoms with E-state index in [4.69, 9.17) is 4.52 Å². The monoisotopic (exact) mass is 253 g/mol. The molecule has 0 amide bonds. The second-order valence-electron chi connectivity index (χ2n) is 4.05. The first kappa shape index (κ1) is 11.4. The average Bonchev–Trinajstić information content (AvgIpc) is 2.89. The van der Waals surface area contributed by atoms with Gasteiger partial charge in [0.15, 0.2) is 11.5 Å². The van der Waals surface area contributed by atoms with Crippen molar-refractivity contribution < 1.29 is 9.63 Å². The Kier molecular flexibility index (Phi) is 2.94. The van der Waals surface area contributed by atoms with Gasteiger partial charge in [-0.25, -0.2) is 4.98 Å². The van der Waals surface area contributed by atoms with E-state index in [2.05, 4.69) is 15.1 Å². The zero-order chi connectivity index (χ0) is 13.1. The molecular weight excluding hydrogens is 242 g/mol. The van der Waals surface area contributed by atoms with Crippen molar-refractivity contribution in [2.24, 2.45) is 0 Å². The van der Waals surface area contributed by atoms with Crippen LogP contribution >= 0.6 is 0 Å². The van der Waals surface area contributed by atoms with Gasteiger partial charge in [0.25, 0.3) is 5.89 Å². The van der Waals surface area contributed by atoms with Crippen LogP contribution in [0.25, 0.3) is 11.6 Å². The van der Waals surface area contributed by atoms with Gasteiger partial charge >= 0.3 is 0 Å². The first-order valence-electron chi connectivity index (χ1n) is 5.84. The second-order valence-corrected chi connectivity index (χ2v) is 4.05. The predicted octanol–water partition coefficient (Wildman–Crippen LogP) is 2.43. The van der Waals surface area contributed by atoms with E-state index in [1.807, 2.05) is 30.3 Å². The maximum absolute atomic E-state index is 9.67. The second kappa shape index (κ2) is 4.89. The molecule has 19 heavy (non-hydrogen) atoms. The number of hydrogen-bond donors (Lipinski definition) is 1. The molecule has 0 aliphatic carbocycles. The predicted molar refractivity (Wildman–Crippen MR) is 68.4 cm³/mol. The van der Waals surface area contributed by atoms with Gasteiger partial charge in [-0.2, -0.15) is 4.98 Å². The Hall–Kier alpha value is -2.69. The Morgan fingerprint density at radius 1 is 1.05 bits per heavy atom. The number of nitrogens with zero attached hydrogens (tertiary/aromatic N) is 3. The van der Waals surface area contributed by atoms with Gasteiger partial charge in [-0.3, -0.25) is 0 Å². The fourth-order valence-electron chi connectivity index (χ4n) is 1.76. The lowest BCUT2D eigenvalue weighted by Crippen LogP contribution is -1.90. The number of pyridine rings is 1. The Morgan fingerprint density at radius 3 is 2.68 bits per heavy atom. The van der Waals surface area contributed by atoms with Crippen molar-refractivity contribution >= 4 is 0 Å². The molecule has 0 spiro atoms. The van der Waals surface area contributed by atoms with Crippen LogP contribution in [0.3, 0.4) is 0 Å². The number of benzene rings is 1. The zero-order valence-corrected chi connectivity index (χ0v) is 10.0. The van der Waals surface area contributed by atoms with Crippen molar-refractivity contribution in [1.29, 1.82) is 0 Å². The Bertz CT molecular complexity index is 680. The van der Waals surface area contributed by atoms with Gasteiger partial charge in [-0.05, 0) is 17.7 Å². The largest absolute Gasteiger partial charge is 0.505 e. The molecule has 3 aromatic rings. The highest BCUT2D eigenvalue weighted by molar-refractivity contribution is 5.55. The molecule has 1 aromatic carbocycles. The summed E-state index contributed by atoms with van der Waals surface area (Å²) >= 11 is 0. The van der Waals surface area contributed by atoms with E-state index in [1.54, 1.807) is 12.3 Å². The lowest BCUT2D eigenvalue weighted by Gasteiger charge is -1.96. The smallest absolute Gasteiger partial charge is 0.280 e. The van der Waals surface area contributed by atoms with Crippen molar-refractivity contribution in [2.75, 3.05) is 0 Å². The maximum Gasteiger partial charge on any atom is 0.280 e. The highest BCUT2D eigenvalue weighted by Crippen LogP contribution is 2.24. The van der Waals surface area contributed by atoms with Gasteiger partial charge in [0.05, 0.1) is 0 Å². The van der Waals surface area contributed by atoms with Crippen molar-refractivity contribution in [3.8, 4) is 17.3 Å². The quantitative estimate of drug-likeness (QED) is 0.776. The minimum Gasteiger partial charge on any atom is -0.505 e. The molecule has 0 fully saturated rings. The van der Waals surface area contributed by atoms with Crippen molar-refractivity contribution in [3.05, 3.63) is 60.0 Å². The molecule has 0 saturated heterocycles. The third-order valence-corrected chi connectivity index (χ3v) is 2.66. The fourth-order valence-corrected chi connectivity index (χ4v) is 1.76. The summed E-state index contributed by atoms with van der Waals surface area (Å²) in [6.45, 7) is 0. The van der Waals surface area contributed by atoms with Gasteiger partial charge in [0, 0.05) is 12.6 Å². The van der Waals surface area contributed by atoms with Gasteiger partial charge in [0.2, 0.25) is 0 Å². The third-order valence-electron chi connectivity index (χ3n) is 2.66. The summed E-state index contributed by atoms with van der Waals surface area (Å²) in [5.74, 6) is 0.813. The van der Waals surface area contributed by atoms with Crippen LogP contribution in [-0.2, 0) is 6.42 Å². The molecule has 0 bridgehead atoms. The topological polar surface area (TPSA) is 72.0 Å². The molecule has 2 aromatic heterocycles. The lowest BCUT2D eigenvalue weighted by molar-refractivity contribution is 0.416. The van der Waals surface area contributed by atoms with Crippen LogP contribution in [0.4, 0.5) is 0 Å². The molecule has 0 radical (unpaired) electrons. The summed E-state index contributed by atoms with van der Waals surface area (Å²) < 4.78 is 5.12. The van der Waals surface area contributed by atoms with Crippen LogP contribution in [0.2, 0.25) is 0 Å². The summed E-state index contributed by atoms with van der Waals surface area (Å²) in [6, 6.07) is 13.0. The van der Waals surface area contributed by atoms with Crippen LogP contribution in [-0.4, -0.2) is 20.2 Å². The molecule has 0 unspecified atom stereocenters. The first-order chi connectivity index (χ1) is 9.33. The SMILES string of the molecule is Oc1cccnc1-c1nc(Cc2ccccc2)no1. The molecule has 1 N–H and O–H groups in total. The van der Waals surface area contributed by atoms with Crippen LogP contribution in [0.15, 0.2) is 53.2 Å². The Morgan fingerprint density at radius 2 is 1.89 bits per heavy atom. The number of hydrogen-bond acceptors (Lipinski definition) is 5. The van der Waals surface area contributed by atoms with Crippen molar-refractivity contribution in [2.45, 2.75) is 6.42 Å². The van der Waals surface area contributed by atoms with Crippen LogP contribution in [0, 0.1) is 0 Å². The highest BCUT2D eigenvalue weighted by Gasteiger charge is 2.13. The summed E-state index contributed by atoms with van der Waals surface area (Å²) in [5.41, 5.74) is 1.40. The van der Waals surface area contributed by atoms with E-state index in [9.17, 15) is 5.11 Å². The number of rotatable bonds is 3. The lowest BCUT2D eigenvalue weighted by atomic mass is 10.1. The number of aromatic nitrogens is 3. The molecule has 0 aliphatic rings. The van der Waals surface area contributed by atoms with Crippen LogP contribution < -0.4 is 0 Å². The van der Waals surface area contributed by atoms with Gasteiger partial charge in [0.1, 0.15) is 5.75 Å². The Labute approximate surface area is 109 Å². The third kappa shape index (κ3) is 2.44. The van der Waals surface area contributed by atoms with E-state index in [0.29, 0.717) is 17.9 Å². The molecular formula is C14H11N3O2. The standard InChI is InChI=1S/C14H11N3O2/c18-11-7-4-8-15-13(11)14-16-12(17-19-14)9-10-5-2-1-3-6-10/h1-8,18H,9H2. The zero-order valence-electron chi connectivity index (χ0n) is 10.0. The summed E-state index contributed by atoms with van der Waals surface area (Å²) in [4.78, 5) is 8.26. The molecule has 0 aliphatic heterocycles. The minimum absolute atomic E-state index is 0.0254. The molecule has 3 rings (SSSR count). The van der Waals surface area contributed by atoms with E-state index < -0.39 is 0 Å². The summed E-state index contributed by atoms with van der Waals surface area (Å²) in [5, 5.41) is 13.6. The van der Waals surface area contributed by atoms with E-state index in [1.165, 1.54) is 6.07 Å². The van der Waals surface area contributed by atoms with E-state index in [-0.39, 0.29) is 11.6 Å². The summed E-state index contributed by atoms with van der Waals surface area (Å²) in [7, 11) is 0. The van der Waals surface area contributed by atoms with Gasteiger partial charge in [-0.15, -0.1) is 0 Å². The normalized spacial score (nSPS) is 10.5. The molecule has 0 atom stereocenters. The van der Waals surface area contributed by atoms with E-state index >= 15 is 0 Å². The van der Waals surface area contributed by atoms with Crippen LogP contribution in [0.5, 0.6) is 5.75 Å². The minimum atomic E-state index is 0.0254. The van der Waals surface area contributed by atoms with Crippen molar-refractivity contribution in [1.82, 2.24) is 15.1 Å². The van der Waals surface area contributed by atoms with Gasteiger partial charge in [-0.1, -0.05) is 35.5 Å². The Balaban J connectivity index is 1.86. The summed E-state index contributed by atoms with van der Waals surface area (Å²) in [6.07, 6.45) is 2.15.